The average Bonchev–Trinajstić information content (AvgIpc) is 2.38. The van der Waals surface area contributed by atoms with Gasteiger partial charge in [-0.25, -0.2) is 4.39 Å². The van der Waals surface area contributed by atoms with Gasteiger partial charge in [0.25, 0.3) is 0 Å². The summed E-state index contributed by atoms with van der Waals surface area (Å²) in [6.45, 7) is 5.26. The highest BCUT2D eigenvalue weighted by atomic mass is 19.1. The largest absolute Gasteiger partial charge is 0.409 e. The summed E-state index contributed by atoms with van der Waals surface area (Å²) in [5.41, 5.74) is 5.92. The lowest BCUT2D eigenvalue weighted by atomic mass is 9.93. The van der Waals surface area contributed by atoms with Gasteiger partial charge in [-0.05, 0) is 18.9 Å². The number of carbonyl (C=O) groups is 1. The van der Waals surface area contributed by atoms with E-state index in [4.69, 9.17) is 10.9 Å². The van der Waals surface area contributed by atoms with Gasteiger partial charge in [-0.15, -0.1) is 0 Å². The molecule has 6 heteroatoms. The molecule has 0 heterocycles. The van der Waals surface area contributed by atoms with Gasteiger partial charge in [0.2, 0.25) is 5.91 Å². The molecule has 1 rings (SSSR count). The molecule has 1 aromatic carbocycles. The van der Waals surface area contributed by atoms with Crippen LogP contribution in [-0.2, 0) is 4.79 Å². The Hall–Kier alpha value is -2.11. The maximum absolute atomic E-state index is 13.6. The smallest absolute Gasteiger partial charge is 0.231 e. The van der Waals surface area contributed by atoms with E-state index in [1.54, 1.807) is 39.0 Å². The minimum atomic E-state index is -0.755. The van der Waals surface area contributed by atoms with Crippen LogP contribution < -0.4 is 11.1 Å². The Bertz CT molecular complexity index is 503. The predicted molar refractivity (Wildman–Crippen MR) is 74.7 cm³/mol. The SMILES string of the molecule is CC(NC(=O)C(C(N)=NO)C(C)C)c1ccccc1F. The van der Waals surface area contributed by atoms with Crippen molar-refractivity contribution < 1.29 is 14.4 Å². The quantitative estimate of drug-likeness (QED) is 0.334. The molecule has 0 saturated carbocycles. The summed E-state index contributed by atoms with van der Waals surface area (Å²) >= 11 is 0. The number of hydrogen-bond acceptors (Lipinski definition) is 3. The summed E-state index contributed by atoms with van der Waals surface area (Å²) < 4.78 is 13.6. The molecule has 2 unspecified atom stereocenters. The Morgan fingerprint density at radius 2 is 1.95 bits per heavy atom. The number of hydrogen-bond donors (Lipinski definition) is 3. The molecular formula is C14H20FN3O2. The zero-order chi connectivity index (χ0) is 15.3. The Kier molecular flexibility index (Phi) is 5.49. The van der Waals surface area contributed by atoms with E-state index in [0.29, 0.717) is 5.56 Å². The van der Waals surface area contributed by atoms with Crippen molar-refractivity contribution >= 4 is 11.7 Å². The van der Waals surface area contributed by atoms with Crippen molar-refractivity contribution in [2.45, 2.75) is 26.8 Å². The number of halogens is 1. The minimum Gasteiger partial charge on any atom is -0.409 e. The summed E-state index contributed by atoms with van der Waals surface area (Å²) in [6, 6.07) is 5.72. The molecule has 0 aliphatic heterocycles. The molecule has 5 nitrogen and oxygen atoms in total. The molecule has 4 N–H and O–H groups in total. The van der Waals surface area contributed by atoms with Gasteiger partial charge in [0.05, 0.1) is 6.04 Å². The second-order valence-corrected chi connectivity index (χ2v) is 5.00. The number of nitrogens with zero attached hydrogens (tertiary/aromatic N) is 1. The highest BCUT2D eigenvalue weighted by molar-refractivity contribution is 6.02. The van der Waals surface area contributed by atoms with Crippen LogP contribution >= 0.6 is 0 Å². The number of oxime groups is 1. The van der Waals surface area contributed by atoms with Crippen molar-refractivity contribution in [1.82, 2.24) is 5.32 Å². The summed E-state index contributed by atoms with van der Waals surface area (Å²) in [5.74, 6) is -1.83. The third-order valence-corrected chi connectivity index (χ3v) is 3.11. The van der Waals surface area contributed by atoms with E-state index >= 15 is 0 Å². The zero-order valence-electron chi connectivity index (χ0n) is 11.8. The van der Waals surface area contributed by atoms with E-state index in [9.17, 15) is 9.18 Å². The highest BCUT2D eigenvalue weighted by Crippen LogP contribution is 2.18. The summed E-state index contributed by atoms with van der Waals surface area (Å²) in [5, 5.41) is 14.3. The number of amides is 1. The number of nitrogens with two attached hydrogens (primary N) is 1. The summed E-state index contributed by atoms with van der Waals surface area (Å²) in [4.78, 5) is 12.2. The highest BCUT2D eigenvalue weighted by Gasteiger charge is 2.28. The van der Waals surface area contributed by atoms with E-state index in [2.05, 4.69) is 10.5 Å². The van der Waals surface area contributed by atoms with Gasteiger partial charge in [0, 0.05) is 5.56 Å². The van der Waals surface area contributed by atoms with Crippen LogP contribution in [0.1, 0.15) is 32.4 Å². The van der Waals surface area contributed by atoms with E-state index < -0.39 is 17.9 Å². The molecule has 0 radical (unpaired) electrons. The molecule has 0 aliphatic carbocycles. The van der Waals surface area contributed by atoms with Gasteiger partial charge in [0.15, 0.2) is 5.84 Å². The van der Waals surface area contributed by atoms with Gasteiger partial charge < -0.3 is 16.3 Å². The third kappa shape index (κ3) is 3.69. The Labute approximate surface area is 117 Å². The molecule has 1 amide bonds. The monoisotopic (exact) mass is 281 g/mol. The molecule has 0 aliphatic rings. The zero-order valence-corrected chi connectivity index (χ0v) is 11.8. The Balaban J connectivity index is 2.86. The van der Waals surface area contributed by atoms with Crippen LogP contribution in [0.4, 0.5) is 4.39 Å². The first-order valence-electron chi connectivity index (χ1n) is 6.40. The number of amidine groups is 1. The number of rotatable bonds is 5. The van der Waals surface area contributed by atoms with Crippen molar-refractivity contribution in [1.29, 1.82) is 0 Å². The predicted octanol–water partition coefficient (Wildman–Crippen LogP) is 2.02. The second kappa shape index (κ2) is 6.88. The molecule has 0 saturated heterocycles. The fourth-order valence-corrected chi connectivity index (χ4v) is 2.05. The number of benzene rings is 1. The standard InChI is InChI=1S/C14H20FN3O2/c1-8(2)12(13(16)18-20)14(19)17-9(3)10-6-4-5-7-11(10)15/h4-9,12,20H,1-3H3,(H2,16,18)(H,17,19). The van der Waals surface area contributed by atoms with Crippen molar-refractivity contribution in [3.05, 3.63) is 35.6 Å². The second-order valence-electron chi connectivity index (χ2n) is 5.00. The lowest BCUT2D eigenvalue weighted by molar-refractivity contribution is -0.124. The first kappa shape index (κ1) is 15.9. The Morgan fingerprint density at radius 3 is 2.45 bits per heavy atom. The van der Waals surface area contributed by atoms with Gasteiger partial charge in [-0.2, -0.15) is 0 Å². The molecule has 0 bridgehead atoms. The Morgan fingerprint density at radius 1 is 1.35 bits per heavy atom. The molecule has 0 fully saturated rings. The van der Waals surface area contributed by atoms with Crippen molar-refractivity contribution in [2.24, 2.45) is 22.7 Å². The first-order chi connectivity index (χ1) is 9.38. The van der Waals surface area contributed by atoms with Crippen molar-refractivity contribution in [3.8, 4) is 0 Å². The van der Waals surface area contributed by atoms with Crippen LogP contribution in [-0.4, -0.2) is 17.0 Å². The van der Waals surface area contributed by atoms with E-state index in [1.165, 1.54) is 6.07 Å². The van der Waals surface area contributed by atoms with Gasteiger partial charge in [-0.3, -0.25) is 4.79 Å². The van der Waals surface area contributed by atoms with Crippen LogP contribution in [0, 0.1) is 17.7 Å². The molecule has 20 heavy (non-hydrogen) atoms. The van der Waals surface area contributed by atoms with Crippen LogP contribution in [0.2, 0.25) is 0 Å². The summed E-state index contributed by atoms with van der Waals surface area (Å²) in [7, 11) is 0. The topological polar surface area (TPSA) is 87.7 Å². The van der Waals surface area contributed by atoms with Crippen LogP contribution in [0.5, 0.6) is 0 Å². The third-order valence-electron chi connectivity index (χ3n) is 3.11. The first-order valence-corrected chi connectivity index (χ1v) is 6.40. The van der Waals surface area contributed by atoms with E-state index in [0.717, 1.165) is 0 Å². The average molecular weight is 281 g/mol. The molecule has 110 valence electrons. The minimum absolute atomic E-state index is 0.140. The lowest BCUT2D eigenvalue weighted by Crippen LogP contribution is -2.42. The van der Waals surface area contributed by atoms with E-state index in [-0.39, 0.29) is 17.6 Å². The lowest BCUT2D eigenvalue weighted by Gasteiger charge is -2.22. The van der Waals surface area contributed by atoms with Crippen LogP contribution in [0.25, 0.3) is 0 Å². The van der Waals surface area contributed by atoms with Gasteiger partial charge in [-0.1, -0.05) is 37.2 Å². The normalized spacial score (nSPS) is 14.9. The van der Waals surface area contributed by atoms with Gasteiger partial charge in [0.1, 0.15) is 11.7 Å². The van der Waals surface area contributed by atoms with E-state index in [1.807, 2.05) is 0 Å². The maximum atomic E-state index is 13.6. The number of nitrogens with one attached hydrogen (secondary N) is 1. The summed E-state index contributed by atoms with van der Waals surface area (Å²) in [6.07, 6.45) is 0. The van der Waals surface area contributed by atoms with Crippen LogP contribution in [0.3, 0.4) is 0 Å². The molecule has 1 aromatic rings. The molecule has 0 spiro atoms. The van der Waals surface area contributed by atoms with Crippen molar-refractivity contribution in [3.63, 3.8) is 0 Å². The van der Waals surface area contributed by atoms with Crippen LogP contribution in [0.15, 0.2) is 29.4 Å². The van der Waals surface area contributed by atoms with Gasteiger partial charge >= 0.3 is 0 Å². The maximum Gasteiger partial charge on any atom is 0.231 e. The molecule has 0 aromatic heterocycles. The van der Waals surface area contributed by atoms with Crippen molar-refractivity contribution in [2.75, 3.05) is 0 Å². The fraction of sp³-hybridized carbons (Fsp3) is 0.429. The number of carbonyl (C=O) groups excluding carboxylic acids is 1. The molecular weight excluding hydrogens is 261 g/mol. The fourth-order valence-electron chi connectivity index (χ4n) is 2.05. The molecule has 2 atom stereocenters.